The minimum Gasteiger partial charge on any atom is -0.369 e. The second-order valence-electron chi connectivity index (χ2n) is 5.63. The number of aryl methyl sites for hydroxylation is 1. The fraction of sp³-hybridized carbons (Fsp3) is 0.111. The van der Waals surface area contributed by atoms with Crippen molar-refractivity contribution < 1.29 is 9.59 Å². The SMILES string of the molecule is Cc1nc(C(=O)Nc2ccccc2CC(N)=O)nn1-c1ccc(Cl)cc1. The Morgan fingerprint density at radius 1 is 1.15 bits per heavy atom. The van der Waals surface area contributed by atoms with Gasteiger partial charge < -0.3 is 11.1 Å². The summed E-state index contributed by atoms with van der Waals surface area (Å²) in [6.45, 7) is 1.75. The van der Waals surface area contributed by atoms with E-state index >= 15 is 0 Å². The van der Waals surface area contributed by atoms with Gasteiger partial charge in [0.1, 0.15) is 5.82 Å². The van der Waals surface area contributed by atoms with Crippen molar-refractivity contribution in [1.29, 1.82) is 0 Å². The molecule has 3 aromatic rings. The lowest BCUT2D eigenvalue weighted by molar-refractivity contribution is -0.117. The number of amides is 2. The van der Waals surface area contributed by atoms with Crippen LogP contribution in [0.4, 0.5) is 5.69 Å². The van der Waals surface area contributed by atoms with Crippen molar-refractivity contribution >= 4 is 29.1 Å². The molecule has 26 heavy (non-hydrogen) atoms. The predicted molar refractivity (Wildman–Crippen MR) is 98.4 cm³/mol. The number of halogens is 1. The van der Waals surface area contributed by atoms with Crippen LogP contribution in [0, 0.1) is 6.92 Å². The molecule has 1 heterocycles. The van der Waals surface area contributed by atoms with Crippen molar-refractivity contribution in [3.63, 3.8) is 0 Å². The molecule has 132 valence electrons. The van der Waals surface area contributed by atoms with E-state index in [9.17, 15) is 9.59 Å². The molecule has 2 amide bonds. The van der Waals surface area contributed by atoms with Crippen LogP contribution in [0.3, 0.4) is 0 Å². The van der Waals surface area contributed by atoms with Crippen LogP contribution >= 0.6 is 11.6 Å². The minimum atomic E-state index is -0.479. The van der Waals surface area contributed by atoms with Gasteiger partial charge in [-0.25, -0.2) is 9.67 Å². The van der Waals surface area contributed by atoms with Gasteiger partial charge in [-0.15, -0.1) is 5.10 Å². The molecule has 8 heteroatoms. The number of primary amides is 1. The Bertz CT molecular complexity index is 966. The highest BCUT2D eigenvalue weighted by atomic mass is 35.5. The molecule has 3 rings (SSSR count). The van der Waals surface area contributed by atoms with Crippen molar-refractivity contribution in [2.75, 3.05) is 5.32 Å². The Morgan fingerprint density at radius 3 is 2.54 bits per heavy atom. The number of rotatable bonds is 5. The van der Waals surface area contributed by atoms with Gasteiger partial charge in [-0.1, -0.05) is 29.8 Å². The number of nitrogens with zero attached hydrogens (tertiary/aromatic N) is 3. The van der Waals surface area contributed by atoms with Crippen LogP contribution in [0.15, 0.2) is 48.5 Å². The van der Waals surface area contributed by atoms with Crippen molar-refractivity contribution in [3.05, 3.63) is 70.8 Å². The van der Waals surface area contributed by atoms with Gasteiger partial charge in [0.05, 0.1) is 12.1 Å². The highest BCUT2D eigenvalue weighted by Crippen LogP contribution is 2.17. The summed E-state index contributed by atoms with van der Waals surface area (Å²) in [5.74, 6) is -0.375. The molecule has 2 aromatic carbocycles. The summed E-state index contributed by atoms with van der Waals surface area (Å²) in [5, 5.41) is 7.59. The van der Waals surface area contributed by atoms with E-state index in [4.69, 9.17) is 17.3 Å². The molecule has 0 aliphatic carbocycles. The Kier molecular flexibility index (Phi) is 4.99. The zero-order valence-electron chi connectivity index (χ0n) is 13.9. The first-order chi connectivity index (χ1) is 12.4. The Labute approximate surface area is 154 Å². The number of hydrogen-bond acceptors (Lipinski definition) is 4. The van der Waals surface area contributed by atoms with Gasteiger partial charge in [0.15, 0.2) is 0 Å². The highest BCUT2D eigenvalue weighted by molar-refractivity contribution is 6.30. The number of nitrogens with two attached hydrogens (primary N) is 1. The van der Waals surface area contributed by atoms with Gasteiger partial charge in [0, 0.05) is 10.7 Å². The largest absolute Gasteiger partial charge is 0.369 e. The molecular weight excluding hydrogens is 354 g/mol. The third kappa shape index (κ3) is 3.89. The third-order valence-electron chi connectivity index (χ3n) is 3.67. The number of carbonyl (C=O) groups excluding carboxylic acids is 2. The second kappa shape index (κ2) is 7.37. The number of carbonyl (C=O) groups is 2. The van der Waals surface area contributed by atoms with Crippen LogP contribution in [0.5, 0.6) is 0 Å². The minimum absolute atomic E-state index is 0.0197. The zero-order valence-corrected chi connectivity index (χ0v) is 14.7. The third-order valence-corrected chi connectivity index (χ3v) is 3.93. The molecule has 0 saturated heterocycles. The van der Waals surface area contributed by atoms with E-state index in [0.717, 1.165) is 5.69 Å². The molecule has 0 bridgehead atoms. The summed E-state index contributed by atoms with van der Waals surface area (Å²) in [7, 11) is 0. The Hall–Kier alpha value is -3.19. The first-order valence-electron chi connectivity index (χ1n) is 7.81. The van der Waals surface area contributed by atoms with Gasteiger partial charge in [0.25, 0.3) is 5.91 Å². The Morgan fingerprint density at radius 2 is 1.85 bits per heavy atom. The van der Waals surface area contributed by atoms with Crippen LogP contribution in [0.25, 0.3) is 5.69 Å². The topological polar surface area (TPSA) is 103 Å². The van der Waals surface area contributed by atoms with Gasteiger partial charge in [-0.2, -0.15) is 0 Å². The molecule has 0 unspecified atom stereocenters. The molecular formula is C18H16ClN5O2. The lowest BCUT2D eigenvalue weighted by Gasteiger charge is -2.08. The first-order valence-corrected chi connectivity index (χ1v) is 8.19. The van der Waals surface area contributed by atoms with Crippen molar-refractivity contribution in [2.45, 2.75) is 13.3 Å². The standard InChI is InChI=1S/C18H16ClN5O2/c1-11-21-17(23-24(11)14-8-6-13(19)7-9-14)18(26)22-15-5-3-2-4-12(15)10-16(20)25/h2-9H,10H2,1H3,(H2,20,25)(H,22,26). The van der Waals surface area contributed by atoms with E-state index in [1.165, 1.54) is 0 Å². The maximum absolute atomic E-state index is 12.5. The molecule has 3 N–H and O–H groups in total. The number of benzene rings is 2. The molecule has 0 aliphatic heterocycles. The van der Waals surface area contributed by atoms with Crippen LogP contribution in [0.2, 0.25) is 5.02 Å². The number of aromatic nitrogens is 3. The first kappa shape index (κ1) is 17.6. The average Bonchev–Trinajstić information content (AvgIpc) is 2.99. The molecule has 0 atom stereocenters. The molecule has 0 radical (unpaired) electrons. The van der Waals surface area contributed by atoms with Crippen molar-refractivity contribution in [2.24, 2.45) is 5.73 Å². The van der Waals surface area contributed by atoms with Crippen LogP contribution in [-0.4, -0.2) is 26.6 Å². The number of nitrogens with one attached hydrogen (secondary N) is 1. The van der Waals surface area contributed by atoms with Crippen molar-refractivity contribution in [3.8, 4) is 5.69 Å². The fourth-order valence-corrected chi connectivity index (χ4v) is 2.60. The van der Waals surface area contributed by atoms with Crippen LogP contribution < -0.4 is 11.1 Å². The number of hydrogen-bond donors (Lipinski definition) is 2. The average molecular weight is 370 g/mol. The second-order valence-corrected chi connectivity index (χ2v) is 6.06. The van der Waals surface area contributed by atoms with Gasteiger partial charge >= 0.3 is 0 Å². The molecule has 0 fully saturated rings. The molecule has 0 aliphatic rings. The fourth-order valence-electron chi connectivity index (χ4n) is 2.48. The molecule has 0 saturated carbocycles. The normalized spacial score (nSPS) is 10.5. The van der Waals surface area contributed by atoms with E-state index in [0.29, 0.717) is 22.1 Å². The van der Waals surface area contributed by atoms with E-state index in [1.54, 1.807) is 60.1 Å². The lowest BCUT2D eigenvalue weighted by Crippen LogP contribution is -2.18. The summed E-state index contributed by atoms with van der Waals surface area (Å²) >= 11 is 5.89. The summed E-state index contributed by atoms with van der Waals surface area (Å²) in [4.78, 5) is 27.9. The summed E-state index contributed by atoms with van der Waals surface area (Å²) in [5.41, 5.74) is 7.11. The van der Waals surface area contributed by atoms with Gasteiger partial charge in [-0.3, -0.25) is 9.59 Å². The number of anilines is 1. The maximum atomic E-state index is 12.5. The zero-order chi connectivity index (χ0) is 18.7. The van der Waals surface area contributed by atoms with Crippen LogP contribution in [0.1, 0.15) is 22.0 Å². The monoisotopic (exact) mass is 369 g/mol. The van der Waals surface area contributed by atoms with E-state index in [1.807, 2.05) is 0 Å². The van der Waals surface area contributed by atoms with E-state index in [-0.39, 0.29) is 12.2 Å². The maximum Gasteiger partial charge on any atom is 0.295 e. The van der Waals surface area contributed by atoms with E-state index < -0.39 is 11.8 Å². The highest BCUT2D eigenvalue weighted by Gasteiger charge is 2.17. The summed E-state index contributed by atoms with van der Waals surface area (Å²) in [6.07, 6.45) is 0.0299. The van der Waals surface area contributed by atoms with Crippen LogP contribution in [-0.2, 0) is 11.2 Å². The van der Waals surface area contributed by atoms with Gasteiger partial charge in [-0.05, 0) is 42.8 Å². The molecule has 0 spiro atoms. The number of para-hydroxylation sites is 1. The quantitative estimate of drug-likeness (QED) is 0.721. The summed E-state index contributed by atoms with van der Waals surface area (Å²) < 4.78 is 1.56. The Balaban J connectivity index is 1.85. The van der Waals surface area contributed by atoms with Crippen molar-refractivity contribution in [1.82, 2.24) is 14.8 Å². The lowest BCUT2D eigenvalue weighted by atomic mass is 10.1. The predicted octanol–water partition coefficient (Wildman–Crippen LogP) is 2.51. The molecule has 1 aromatic heterocycles. The van der Waals surface area contributed by atoms with E-state index in [2.05, 4.69) is 15.4 Å². The molecule has 7 nitrogen and oxygen atoms in total. The summed E-state index contributed by atoms with van der Waals surface area (Å²) in [6, 6.07) is 14.0. The van der Waals surface area contributed by atoms with Gasteiger partial charge in [0.2, 0.25) is 11.7 Å². The smallest absolute Gasteiger partial charge is 0.295 e.